The smallest absolute Gasteiger partial charge is 0.257 e. The van der Waals surface area contributed by atoms with E-state index in [9.17, 15) is 9.59 Å². The van der Waals surface area contributed by atoms with E-state index in [-0.39, 0.29) is 18.4 Å². The van der Waals surface area contributed by atoms with Crippen LogP contribution in [0.3, 0.4) is 0 Å². The summed E-state index contributed by atoms with van der Waals surface area (Å²) in [6, 6.07) is 24.2. The van der Waals surface area contributed by atoms with Gasteiger partial charge < -0.3 is 15.0 Å². The van der Waals surface area contributed by atoms with Crippen LogP contribution >= 0.6 is 11.6 Å². The van der Waals surface area contributed by atoms with Crippen LogP contribution < -0.4 is 10.1 Å². The fraction of sp³-hybridized carbons (Fsp3) is 0.148. The lowest BCUT2D eigenvalue weighted by Gasteiger charge is -2.17. The van der Waals surface area contributed by atoms with Crippen LogP contribution in [0.1, 0.15) is 15.9 Å². The highest BCUT2D eigenvalue weighted by atomic mass is 35.5. The molecule has 0 saturated carbocycles. The normalized spacial score (nSPS) is 10.6. The van der Waals surface area contributed by atoms with E-state index in [1.165, 1.54) is 4.90 Å². The fourth-order valence-corrected chi connectivity index (χ4v) is 3.82. The van der Waals surface area contributed by atoms with Gasteiger partial charge in [-0.1, -0.05) is 54.1 Å². The molecule has 0 aliphatic carbocycles. The molecule has 35 heavy (non-hydrogen) atoms. The van der Waals surface area contributed by atoms with Crippen molar-refractivity contribution in [3.8, 4) is 17.0 Å². The predicted molar refractivity (Wildman–Crippen MR) is 137 cm³/mol. The van der Waals surface area contributed by atoms with Crippen LogP contribution in [0.2, 0.25) is 5.02 Å². The number of aromatic nitrogens is 2. The molecule has 0 bridgehead atoms. The maximum Gasteiger partial charge on any atom is 0.257 e. The second kappa shape index (κ2) is 10.9. The second-order valence-corrected chi connectivity index (χ2v) is 8.40. The molecule has 7 nitrogen and oxygen atoms in total. The molecule has 0 saturated heterocycles. The monoisotopic (exact) mass is 488 g/mol. The number of hydrogen-bond acceptors (Lipinski definition) is 4. The van der Waals surface area contributed by atoms with Gasteiger partial charge in [0.1, 0.15) is 11.4 Å². The highest BCUT2D eigenvalue weighted by Crippen LogP contribution is 2.26. The third-order valence-electron chi connectivity index (χ3n) is 5.42. The minimum absolute atomic E-state index is 0.143. The molecule has 8 heteroatoms. The predicted octanol–water partition coefficient (Wildman–Crippen LogP) is 4.97. The van der Waals surface area contributed by atoms with Crippen LogP contribution in [-0.4, -0.2) is 47.2 Å². The van der Waals surface area contributed by atoms with E-state index >= 15 is 0 Å². The van der Waals surface area contributed by atoms with Gasteiger partial charge in [-0.05, 0) is 42.0 Å². The number of carbonyl (C=O) groups excluding carboxylic acids is 2. The highest BCUT2D eigenvalue weighted by Gasteiger charge is 2.23. The Morgan fingerprint density at radius 1 is 1.00 bits per heavy atom. The lowest BCUT2D eigenvalue weighted by Crippen LogP contribution is -2.35. The summed E-state index contributed by atoms with van der Waals surface area (Å²) in [5, 5.41) is 7.88. The van der Waals surface area contributed by atoms with Gasteiger partial charge in [-0.2, -0.15) is 5.10 Å². The van der Waals surface area contributed by atoms with Crippen LogP contribution in [-0.2, 0) is 11.3 Å². The Balaban J connectivity index is 1.58. The van der Waals surface area contributed by atoms with Crippen molar-refractivity contribution in [2.24, 2.45) is 0 Å². The van der Waals surface area contributed by atoms with Gasteiger partial charge in [0, 0.05) is 18.8 Å². The SMILES string of the molecule is COc1ccc(-c2nn(Cc3ccccc3)cc2C(=O)N(C)CC(=O)Nc2ccccc2Cl)cc1. The van der Waals surface area contributed by atoms with Crippen molar-refractivity contribution in [2.75, 3.05) is 26.0 Å². The van der Waals surface area contributed by atoms with Gasteiger partial charge in [-0.15, -0.1) is 0 Å². The molecule has 178 valence electrons. The van der Waals surface area contributed by atoms with Crippen molar-refractivity contribution in [3.63, 3.8) is 0 Å². The Labute approximate surface area is 208 Å². The Morgan fingerprint density at radius 3 is 2.37 bits per heavy atom. The van der Waals surface area contributed by atoms with Gasteiger partial charge in [-0.25, -0.2) is 0 Å². The Kier molecular flexibility index (Phi) is 7.48. The van der Waals surface area contributed by atoms with Crippen LogP contribution in [0.4, 0.5) is 5.69 Å². The standard InChI is InChI=1S/C27H25ClN4O3/c1-31(18-25(33)29-24-11-7-6-10-23(24)28)27(34)22-17-32(16-19-8-4-3-5-9-19)30-26(22)20-12-14-21(35-2)15-13-20/h3-15,17H,16,18H2,1-2H3,(H,29,33). The van der Waals surface area contributed by atoms with E-state index in [4.69, 9.17) is 21.4 Å². The van der Waals surface area contributed by atoms with Crippen LogP contribution in [0.15, 0.2) is 85.1 Å². The van der Waals surface area contributed by atoms with Gasteiger partial charge in [0.2, 0.25) is 5.91 Å². The molecule has 0 fully saturated rings. The number of benzene rings is 3. The van der Waals surface area contributed by atoms with E-state index < -0.39 is 0 Å². The molecule has 0 atom stereocenters. The van der Waals surface area contributed by atoms with Crippen molar-refractivity contribution in [3.05, 3.63) is 101 Å². The van der Waals surface area contributed by atoms with Gasteiger partial charge in [0.15, 0.2) is 0 Å². The number of halogens is 1. The summed E-state index contributed by atoms with van der Waals surface area (Å²) in [4.78, 5) is 27.4. The molecule has 0 spiro atoms. The largest absolute Gasteiger partial charge is 0.497 e. The third-order valence-corrected chi connectivity index (χ3v) is 5.75. The third kappa shape index (κ3) is 5.88. The second-order valence-electron chi connectivity index (χ2n) is 7.99. The van der Waals surface area contributed by atoms with E-state index in [1.54, 1.807) is 49.3 Å². The number of carbonyl (C=O) groups is 2. The van der Waals surface area contributed by atoms with Crippen molar-refractivity contribution >= 4 is 29.1 Å². The van der Waals surface area contributed by atoms with Crippen LogP contribution in [0.25, 0.3) is 11.3 Å². The molecule has 0 aliphatic heterocycles. The molecule has 3 aromatic carbocycles. The van der Waals surface area contributed by atoms with Gasteiger partial charge in [-0.3, -0.25) is 14.3 Å². The molecule has 1 N–H and O–H groups in total. The van der Waals surface area contributed by atoms with E-state index in [0.717, 1.165) is 11.1 Å². The number of nitrogens with zero attached hydrogens (tertiary/aromatic N) is 3. The summed E-state index contributed by atoms with van der Waals surface area (Å²) in [6.07, 6.45) is 1.72. The van der Waals surface area contributed by atoms with Gasteiger partial charge in [0.25, 0.3) is 5.91 Å². The fourth-order valence-electron chi connectivity index (χ4n) is 3.64. The summed E-state index contributed by atoms with van der Waals surface area (Å²) >= 11 is 6.13. The summed E-state index contributed by atoms with van der Waals surface area (Å²) in [7, 11) is 3.18. The number of likely N-dealkylation sites (N-methyl/N-ethyl adjacent to an activating group) is 1. The number of amides is 2. The molecule has 4 aromatic rings. The quantitative estimate of drug-likeness (QED) is 0.380. The minimum atomic E-state index is -0.350. The van der Waals surface area contributed by atoms with Crippen LogP contribution in [0, 0.1) is 0 Å². The minimum Gasteiger partial charge on any atom is -0.497 e. The number of para-hydroxylation sites is 1. The highest BCUT2D eigenvalue weighted by molar-refractivity contribution is 6.33. The average Bonchev–Trinajstić information content (AvgIpc) is 3.29. The molecule has 0 unspecified atom stereocenters. The first kappa shape index (κ1) is 24.0. The average molecular weight is 489 g/mol. The first-order chi connectivity index (χ1) is 16.9. The van der Waals surface area contributed by atoms with E-state index in [0.29, 0.717) is 34.3 Å². The lowest BCUT2D eigenvalue weighted by atomic mass is 10.1. The summed E-state index contributed by atoms with van der Waals surface area (Å²) in [5.41, 5.74) is 3.26. The Morgan fingerprint density at radius 2 is 1.69 bits per heavy atom. The Hall–Kier alpha value is -4.10. The molecule has 0 aliphatic rings. The maximum atomic E-state index is 13.4. The number of methoxy groups -OCH3 is 1. The van der Waals surface area contributed by atoms with Crippen molar-refractivity contribution < 1.29 is 14.3 Å². The number of ether oxygens (including phenoxy) is 1. The molecule has 4 rings (SSSR count). The number of nitrogens with one attached hydrogen (secondary N) is 1. The molecule has 2 amide bonds. The lowest BCUT2D eigenvalue weighted by molar-refractivity contribution is -0.116. The first-order valence-electron chi connectivity index (χ1n) is 11.0. The molecular formula is C27H25ClN4O3. The van der Waals surface area contributed by atoms with Crippen molar-refractivity contribution in [1.82, 2.24) is 14.7 Å². The molecule has 1 heterocycles. The van der Waals surface area contributed by atoms with E-state index in [2.05, 4.69) is 5.32 Å². The topological polar surface area (TPSA) is 76.5 Å². The van der Waals surface area contributed by atoms with Crippen molar-refractivity contribution in [2.45, 2.75) is 6.54 Å². The maximum absolute atomic E-state index is 13.4. The zero-order chi connectivity index (χ0) is 24.8. The summed E-state index contributed by atoms with van der Waals surface area (Å²) in [5.74, 6) is 0.0415. The zero-order valence-corrected chi connectivity index (χ0v) is 20.2. The zero-order valence-electron chi connectivity index (χ0n) is 19.4. The van der Waals surface area contributed by atoms with Crippen molar-refractivity contribution in [1.29, 1.82) is 0 Å². The number of rotatable bonds is 8. The van der Waals surface area contributed by atoms with E-state index in [1.807, 2.05) is 54.6 Å². The summed E-state index contributed by atoms with van der Waals surface area (Å²) < 4.78 is 6.99. The first-order valence-corrected chi connectivity index (χ1v) is 11.4. The number of hydrogen-bond donors (Lipinski definition) is 1. The Bertz CT molecular complexity index is 1320. The molecular weight excluding hydrogens is 464 g/mol. The summed E-state index contributed by atoms with van der Waals surface area (Å²) in [6.45, 7) is 0.365. The van der Waals surface area contributed by atoms with Crippen LogP contribution in [0.5, 0.6) is 5.75 Å². The molecule has 1 aromatic heterocycles. The van der Waals surface area contributed by atoms with Gasteiger partial charge >= 0.3 is 0 Å². The molecule has 0 radical (unpaired) electrons. The van der Waals surface area contributed by atoms with Gasteiger partial charge in [0.05, 0.1) is 36.5 Å². The number of anilines is 1.